The highest BCUT2D eigenvalue weighted by Gasteiger charge is 2.42. The van der Waals surface area contributed by atoms with E-state index < -0.39 is 0 Å². The van der Waals surface area contributed by atoms with Crippen LogP contribution in [-0.2, 0) is 10.8 Å². The number of pyridine rings is 2. The molecule has 0 fully saturated rings. The maximum Gasteiger partial charge on any atom is 0.161 e. The maximum absolute atomic E-state index is 5.21. The van der Waals surface area contributed by atoms with Gasteiger partial charge in [0.2, 0.25) is 0 Å². The van der Waals surface area contributed by atoms with Gasteiger partial charge in [0.25, 0.3) is 0 Å². The van der Waals surface area contributed by atoms with Crippen molar-refractivity contribution in [3.05, 3.63) is 144 Å². The van der Waals surface area contributed by atoms with Crippen LogP contribution in [0, 0.1) is 0 Å². The number of rotatable bonds is 3. The van der Waals surface area contributed by atoms with Gasteiger partial charge in [0.15, 0.2) is 5.82 Å². The average molecular weight is 593 g/mol. The molecule has 0 atom stereocenters. The lowest BCUT2D eigenvalue weighted by Crippen LogP contribution is -2.17. The molecule has 0 aliphatic heterocycles. The molecule has 3 aromatic heterocycles. The van der Waals surface area contributed by atoms with Gasteiger partial charge in [0, 0.05) is 51.0 Å². The first-order valence-corrected chi connectivity index (χ1v) is 15.9. The summed E-state index contributed by atoms with van der Waals surface area (Å²) in [5.74, 6) is 0.674. The van der Waals surface area contributed by atoms with Gasteiger partial charge in [-0.3, -0.25) is 9.97 Å². The van der Waals surface area contributed by atoms with E-state index in [9.17, 15) is 0 Å². The van der Waals surface area contributed by atoms with E-state index in [1.54, 1.807) is 0 Å². The van der Waals surface area contributed by atoms with Gasteiger partial charge < -0.3 is 0 Å². The summed E-state index contributed by atoms with van der Waals surface area (Å²) < 4.78 is 0. The van der Waals surface area contributed by atoms with Crippen molar-refractivity contribution >= 4 is 10.8 Å². The molecular weight excluding hydrogens is 560 g/mol. The molecule has 46 heavy (non-hydrogen) atoms. The molecule has 2 aliphatic rings. The van der Waals surface area contributed by atoms with Crippen molar-refractivity contribution in [3.8, 4) is 56.4 Å². The molecule has 4 heteroatoms. The van der Waals surface area contributed by atoms with E-state index in [4.69, 9.17) is 19.9 Å². The van der Waals surface area contributed by atoms with Crippen molar-refractivity contribution in [1.82, 2.24) is 19.9 Å². The van der Waals surface area contributed by atoms with Crippen LogP contribution in [0.5, 0.6) is 0 Å². The zero-order valence-corrected chi connectivity index (χ0v) is 26.3. The largest absolute Gasteiger partial charge is 0.256 e. The minimum Gasteiger partial charge on any atom is -0.256 e. The van der Waals surface area contributed by atoms with E-state index in [-0.39, 0.29) is 10.8 Å². The third kappa shape index (κ3) is 3.80. The van der Waals surface area contributed by atoms with E-state index in [1.165, 1.54) is 44.2 Å². The molecule has 4 nitrogen and oxygen atoms in total. The van der Waals surface area contributed by atoms with Gasteiger partial charge in [0.1, 0.15) is 0 Å². The molecule has 0 saturated carbocycles. The van der Waals surface area contributed by atoms with Crippen LogP contribution in [0.2, 0.25) is 0 Å². The molecule has 0 amide bonds. The summed E-state index contributed by atoms with van der Waals surface area (Å²) >= 11 is 0. The highest BCUT2D eigenvalue weighted by molar-refractivity contribution is 5.96. The Morgan fingerprint density at radius 3 is 1.96 bits per heavy atom. The Bertz CT molecular complexity index is 2360. The second-order valence-corrected chi connectivity index (χ2v) is 13.6. The number of hydrogen-bond acceptors (Lipinski definition) is 4. The van der Waals surface area contributed by atoms with Crippen LogP contribution in [0.4, 0.5) is 0 Å². The normalized spacial score (nSPS) is 14.9. The number of benzene rings is 4. The highest BCUT2D eigenvalue weighted by Crippen LogP contribution is 2.55. The number of nitrogens with zero attached hydrogens (tertiary/aromatic N) is 4. The molecule has 0 spiro atoms. The first kappa shape index (κ1) is 26.9. The second kappa shape index (κ2) is 9.51. The molecule has 0 saturated heterocycles. The number of aromatic nitrogens is 4. The molecule has 0 radical (unpaired) electrons. The second-order valence-electron chi connectivity index (χ2n) is 13.6. The average Bonchev–Trinajstić information content (AvgIpc) is 3.46. The lowest BCUT2D eigenvalue weighted by atomic mass is 9.79. The minimum atomic E-state index is -0.250. The Hall–Kier alpha value is -5.48. The van der Waals surface area contributed by atoms with Gasteiger partial charge in [-0.15, -0.1) is 0 Å². The molecule has 0 N–H and O–H groups in total. The molecule has 0 bridgehead atoms. The van der Waals surface area contributed by atoms with Gasteiger partial charge in [-0.05, 0) is 63.4 Å². The molecular formula is C42H32N4. The van der Waals surface area contributed by atoms with Gasteiger partial charge in [-0.1, -0.05) is 107 Å². The quantitative estimate of drug-likeness (QED) is 0.205. The van der Waals surface area contributed by atoms with Crippen molar-refractivity contribution in [2.75, 3.05) is 0 Å². The van der Waals surface area contributed by atoms with E-state index >= 15 is 0 Å². The third-order valence-corrected chi connectivity index (χ3v) is 10.2. The summed E-state index contributed by atoms with van der Waals surface area (Å²) in [5, 5.41) is 2.36. The zero-order valence-electron chi connectivity index (χ0n) is 26.3. The Balaban J connectivity index is 1.22. The topological polar surface area (TPSA) is 51.6 Å². The van der Waals surface area contributed by atoms with Gasteiger partial charge in [-0.2, -0.15) is 0 Å². The zero-order chi connectivity index (χ0) is 31.2. The summed E-state index contributed by atoms with van der Waals surface area (Å²) in [6.45, 7) is 9.21. The van der Waals surface area contributed by atoms with Crippen molar-refractivity contribution in [2.45, 2.75) is 38.5 Å². The predicted molar refractivity (Wildman–Crippen MR) is 187 cm³/mol. The Labute approximate surface area is 268 Å². The van der Waals surface area contributed by atoms with E-state index in [0.29, 0.717) is 5.82 Å². The van der Waals surface area contributed by atoms with Crippen LogP contribution in [-0.4, -0.2) is 19.9 Å². The summed E-state index contributed by atoms with van der Waals surface area (Å²) in [6, 6.07) is 38.6. The number of hydrogen-bond donors (Lipinski definition) is 0. The fraction of sp³-hybridized carbons (Fsp3) is 0.143. The van der Waals surface area contributed by atoms with Crippen LogP contribution in [0.3, 0.4) is 0 Å². The van der Waals surface area contributed by atoms with Crippen LogP contribution in [0.25, 0.3) is 67.2 Å². The van der Waals surface area contributed by atoms with Crippen LogP contribution in [0.15, 0.2) is 122 Å². The van der Waals surface area contributed by atoms with Gasteiger partial charge >= 0.3 is 0 Å². The summed E-state index contributed by atoms with van der Waals surface area (Å²) in [4.78, 5) is 20.3. The van der Waals surface area contributed by atoms with Crippen molar-refractivity contribution in [1.29, 1.82) is 0 Å². The highest BCUT2D eigenvalue weighted by atomic mass is 14.9. The molecule has 220 valence electrons. The van der Waals surface area contributed by atoms with Gasteiger partial charge in [-0.25, -0.2) is 9.97 Å². The predicted octanol–water partition coefficient (Wildman–Crippen LogP) is 10.0. The van der Waals surface area contributed by atoms with Crippen molar-refractivity contribution < 1.29 is 0 Å². The monoisotopic (exact) mass is 592 g/mol. The number of fused-ring (bicyclic) bond motifs is 7. The van der Waals surface area contributed by atoms with E-state index in [1.807, 2.05) is 24.5 Å². The molecule has 9 rings (SSSR count). The molecule has 7 aromatic rings. The standard InChI is InChI=1S/C42H32N4/c1-41(2)32-18-11-19-43-38(32)30-21-34-31(22-33(30)41)39-35(42(34,3)4)20-27(24-44-39)40-45-36(26-13-6-5-7-14-26)23-37(46-40)29-17-10-15-25-12-8-9-16-28(25)29/h5-24H,1-4H3. The summed E-state index contributed by atoms with van der Waals surface area (Å²) in [5.41, 5.74) is 14.1. The van der Waals surface area contributed by atoms with Crippen LogP contribution >= 0.6 is 0 Å². The Morgan fingerprint density at radius 1 is 0.478 bits per heavy atom. The van der Waals surface area contributed by atoms with Crippen molar-refractivity contribution in [2.24, 2.45) is 0 Å². The smallest absolute Gasteiger partial charge is 0.161 e. The minimum absolute atomic E-state index is 0.121. The molecule has 4 aromatic carbocycles. The SMILES string of the molecule is CC1(C)c2cc3c(cc2-c2ncccc21)C(C)(C)c1cc(-c2nc(-c4ccccc4)cc(-c4cccc5ccccc45)n2)cnc1-3. The van der Waals surface area contributed by atoms with Crippen LogP contribution in [0.1, 0.15) is 49.9 Å². The molecule has 2 aliphatic carbocycles. The molecule has 0 unspecified atom stereocenters. The first-order chi connectivity index (χ1) is 22.3. The maximum atomic E-state index is 5.21. The fourth-order valence-corrected chi connectivity index (χ4v) is 7.64. The summed E-state index contributed by atoms with van der Waals surface area (Å²) in [7, 11) is 0. The lowest BCUT2D eigenvalue weighted by molar-refractivity contribution is 0.651. The Morgan fingerprint density at radius 2 is 1.15 bits per heavy atom. The van der Waals surface area contributed by atoms with Crippen LogP contribution < -0.4 is 0 Å². The first-order valence-electron chi connectivity index (χ1n) is 15.9. The fourth-order valence-electron chi connectivity index (χ4n) is 7.64. The molecule has 3 heterocycles. The third-order valence-electron chi connectivity index (χ3n) is 10.2. The van der Waals surface area contributed by atoms with E-state index in [0.717, 1.165) is 39.5 Å². The van der Waals surface area contributed by atoms with E-state index in [2.05, 4.69) is 125 Å². The van der Waals surface area contributed by atoms with Gasteiger partial charge in [0.05, 0.1) is 22.8 Å². The lowest BCUT2D eigenvalue weighted by Gasteiger charge is -2.24. The van der Waals surface area contributed by atoms with Crippen molar-refractivity contribution in [3.63, 3.8) is 0 Å². The summed E-state index contributed by atoms with van der Waals surface area (Å²) in [6.07, 6.45) is 3.86. The Kier molecular flexibility index (Phi) is 5.56.